The summed E-state index contributed by atoms with van der Waals surface area (Å²) in [5.41, 5.74) is 4.23. The molecular weight excluding hydrogens is 505 g/mol. The SMILES string of the molecule is COC1C2=C(CCC2)C(Cc2ccc(C(=O)NCCCNC(C)=O)c(F)c2)=CC1C(=O)N=C1CCOC[C@@H]1O. The van der Waals surface area contributed by atoms with Crippen LogP contribution in [0.15, 0.2) is 46.0 Å². The lowest BCUT2D eigenvalue weighted by atomic mass is 9.81. The topological polar surface area (TPSA) is 126 Å². The molecule has 2 unspecified atom stereocenters. The van der Waals surface area contributed by atoms with Crippen molar-refractivity contribution in [2.75, 3.05) is 33.4 Å². The third-order valence-electron chi connectivity index (χ3n) is 7.34. The van der Waals surface area contributed by atoms with Crippen molar-refractivity contribution in [3.63, 3.8) is 0 Å². The molecule has 0 radical (unpaired) electrons. The largest absolute Gasteiger partial charge is 0.385 e. The van der Waals surface area contributed by atoms with Crippen LogP contribution in [0, 0.1) is 11.7 Å². The van der Waals surface area contributed by atoms with Gasteiger partial charge in [0.05, 0.1) is 36.5 Å². The maximum absolute atomic E-state index is 14.9. The highest BCUT2D eigenvalue weighted by molar-refractivity contribution is 6.00. The molecule has 0 saturated carbocycles. The van der Waals surface area contributed by atoms with Crippen LogP contribution in [0.4, 0.5) is 4.39 Å². The zero-order valence-corrected chi connectivity index (χ0v) is 22.4. The van der Waals surface area contributed by atoms with Crippen molar-refractivity contribution in [2.24, 2.45) is 10.9 Å². The monoisotopic (exact) mass is 541 g/mol. The fraction of sp³-hybridized carbons (Fsp3) is 0.517. The summed E-state index contributed by atoms with van der Waals surface area (Å²) in [6.07, 6.45) is 4.52. The molecule has 1 heterocycles. The summed E-state index contributed by atoms with van der Waals surface area (Å²) >= 11 is 0. The van der Waals surface area contributed by atoms with Gasteiger partial charge < -0.3 is 25.2 Å². The number of carbonyl (C=O) groups is 3. The molecule has 1 saturated heterocycles. The lowest BCUT2D eigenvalue weighted by Gasteiger charge is -2.30. The second-order valence-corrected chi connectivity index (χ2v) is 10.1. The van der Waals surface area contributed by atoms with Gasteiger partial charge in [-0.25, -0.2) is 9.38 Å². The van der Waals surface area contributed by atoms with E-state index in [1.54, 1.807) is 13.2 Å². The number of aliphatic hydroxyl groups excluding tert-OH is 1. The number of nitrogens with zero attached hydrogens (tertiary/aromatic N) is 1. The molecule has 0 bridgehead atoms. The van der Waals surface area contributed by atoms with Gasteiger partial charge in [-0.2, -0.15) is 0 Å². The van der Waals surface area contributed by atoms with Crippen molar-refractivity contribution >= 4 is 23.4 Å². The van der Waals surface area contributed by atoms with Crippen LogP contribution in [-0.2, 0) is 25.5 Å². The Morgan fingerprint density at radius 2 is 1.97 bits per heavy atom. The third-order valence-corrected chi connectivity index (χ3v) is 7.34. The first-order valence-corrected chi connectivity index (χ1v) is 13.4. The minimum absolute atomic E-state index is 0.0463. The average Bonchev–Trinajstić information content (AvgIpc) is 3.40. The molecule has 1 aromatic rings. The Balaban J connectivity index is 1.49. The van der Waals surface area contributed by atoms with E-state index < -0.39 is 29.9 Å². The maximum Gasteiger partial charge on any atom is 0.255 e. The summed E-state index contributed by atoms with van der Waals surface area (Å²) in [7, 11) is 1.59. The van der Waals surface area contributed by atoms with Gasteiger partial charge in [0, 0.05) is 33.5 Å². The molecule has 0 aromatic heterocycles. The number of rotatable bonds is 9. The summed E-state index contributed by atoms with van der Waals surface area (Å²) in [4.78, 5) is 40.9. The van der Waals surface area contributed by atoms with Crippen LogP contribution >= 0.6 is 0 Å². The van der Waals surface area contributed by atoms with Crippen LogP contribution in [0.25, 0.3) is 0 Å². The molecule has 2 aliphatic carbocycles. The second-order valence-electron chi connectivity index (χ2n) is 10.1. The molecule has 3 atom stereocenters. The van der Waals surface area contributed by atoms with Gasteiger partial charge >= 0.3 is 0 Å². The first-order valence-electron chi connectivity index (χ1n) is 13.4. The smallest absolute Gasteiger partial charge is 0.255 e. The zero-order chi connectivity index (χ0) is 27.9. The van der Waals surface area contributed by atoms with Crippen molar-refractivity contribution in [1.82, 2.24) is 10.6 Å². The quantitative estimate of drug-likeness (QED) is 0.412. The summed E-state index contributed by atoms with van der Waals surface area (Å²) in [5.74, 6) is -2.28. The molecular formula is C29H36FN3O6. The van der Waals surface area contributed by atoms with Crippen molar-refractivity contribution in [1.29, 1.82) is 0 Å². The predicted octanol–water partition coefficient (Wildman–Crippen LogP) is 2.42. The summed E-state index contributed by atoms with van der Waals surface area (Å²) < 4.78 is 26.0. The Labute approximate surface area is 227 Å². The fourth-order valence-electron chi connectivity index (χ4n) is 5.43. The highest BCUT2D eigenvalue weighted by atomic mass is 19.1. The predicted molar refractivity (Wildman–Crippen MR) is 143 cm³/mol. The zero-order valence-electron chi connectivity index (χ0n) is 22.4. The molecule has 1 aromatic carbocycles. The van der Waals surface area contributed by atoms with Crippen LogP contribution in [0.5, 0.6) is 0 Å². The lowest BCUT2D eigenvalue weighted by molar-refractivity contribution is -0.123. The summed E-state index contributed by atoms with van der Waals surface area (Å²) in [5, 5.41) is 15.5. The molecule has 9 nitrogen and oxygen atoms in total. The fourth-order valence-corrected chi connectivity index (χ4v) is 5.43. The Kier molecular flexibility index (Phi) is 9.77. The number of aliphatic imine (C=N–C) groups is 1. The minimum atomic E-state index is -0.895. The van der Waals surface area contributed by atoms with E-state index >= 15 is 0 Å². The molecule has 1 aliphatic heterocycles. The highest BCUT2D eigenvalue weighted by Gasteiger charge is 2.38. The van der Waals surface area contributed by atoms with Crippen molar-refractivity contribution < 1.29 is 33.4 Å². The van der Waals surface area contributed by atoms with Crippen molar-refractivity contribution in [2.45, 2.75) is 57.7 Å². The number of aliphatic hydroxyl groups is 1. The Bertz CT molecular complexity index is 1210. The van der Waals surface area contributed by atoms with E-state index in [1.165, 1.54) is 19.1 Å². The third kappa shape index (κ3) is 7.06. The first kappa shape index (κ1) is 28.8. The molecule has 210 valence electrons. The van der Waals surface area contributed by atoms with Crippen molar-refractivity contribution in [3.05, 3.63) is 57.9 Å². The molecule has 3 N–H and O–H groups in total. The van der Waals surface area contributed by atoms with E-state index in [4.69, 9.17) is 9.47 Å². The standard InChI is InChI=1S/C29H36FN3O6/c1-17(34)31-10-4-11-32-28(36)22-8-7-18(14-24(22)30)13-19-15-23(27(38-2)21-6-3-5-20(19)21)29(37)33-25-9-12-39-16-26(25)35/h7-8,14-15,23,26-27,35H,3-6,9-13,16H2,1-2H3,(H,31,34)(H,32,36)/t23?,26-,27?/m0/s1. The number of allylic oxidation sites excluding steroid dienone is 2. The van der Waals surface area contributed by atoms with Gasteiger partial charge in [0.25, 0.3) is 11.8 Å². The van der Waals surface area contributed by atoms with Gasteiger partial charge in [-0.05, 0) is 66.5 Å². The van der Waals surface area contributed by atoms with Gasteiger partial charge in [0.15, 0.2) is 0 Å². The number of hydrogen-bond donors (Lipinski definition) is 3. The molecule has 1 fully saturated rings. The number of hydrogen-bond acceptors (Lipinski definition) is 6. The van der Waals surface area contributed by atoms with Crippen LogP contribution in [0.1, 0.15) is 54.9 Å². The van der Waals surface area contributed by atoms with Crippen LogP contribution in [0.3, 0.4) is 0 Å². The van der Waals surface area contributed by atoms with Gasteiger partial charge in [-0.15, -0.1) is 0 Å². The van der Waals surface area contributed by atoms with Crippen LogP contribution < -0.4 is 10.6 Å². The van der Waals surface area contributed by atoms with Gasteiger partial charge in [-0.3, -0.25) is 14.4 Å². The molecule has 10 heteroatoms. The number of methoxy groups -OCH3 is 1. The molecule has 0 spiro atoms. The van der Waals surface area contributed by atoms with Gasteiger partial charge in [-0.1, -0.05) is 12.1 Å². The van der Waals surface area contributed by atoms with E-state index in [0.717, 1.165) is 36.0 Å². The van der Waals surface area contributed by atoms with Crippen molar-refractivity contribution in [3.8, 4) is 0 Å². The Morgan fingerprint density at radius 1 is 1.18 bits per heavy atom. The van der Waals surface area contributed by atoms with E-state index in [1.807, 2.05) is 6.08 Å². The molecule has 4 rings (SSSR count). The van der Waals surface area contributed by atoms with E-state index in [-0.39, 0.29) is 24.0 Å². The molecule has 3 aliphatic rings. The maximum atomic E-state index is 14.9. The number of amides is 3. The number of carbonyl (C=O) groups excluding carboxylic acids is 3. The highest BCUT2D eigenvalue weighted by Crippen LogP contribution is 2.42. The number of halogens is 1. The minimum Gasteiger partial charge on any atom is -0.385 e. The van der Waals surface area contributed by atoms with Crippen LogP contribution in [-0.4, -0.2) is 74.2 Å². The average molecular weight is 542 g/mol. The number of benzene rings is 1. The summed E-state index contributed by atoms with van der Waals surface area (Å²) in [6.45, 7) is 2.70. The van der Waals surface area contributed by atoms with Crippen LogP contribution in [0.2, 0.25) is 0 Å². The normalized spacial score (nSPS) is 23.8. The van der Waals surface area contributed by atoms with Gasteiger partial charge in [0.1, 0.15) is 11.9 Å². The van der Waals surface area contributed by atoms with Gasteiger partial charge in [0.2, 0.25) is 5.91 Å². The molecule has 3 amide bonds. The summed E-state index contributed by atoms with van der Waals surface area (Å²) in [6, 6.07) is 4.56. The lowest BCUT2D eigenvalue weighted by Crippen LogP contribution is -2.36. The molecule has 39 heavy (non-hydrogen) atoms. The first-order chi connectivity index (χ1) is 18.8. The van der Waals surface area contributed by atoms with E-state index in [9.17, 15) is 23.9 Å². The number of ether oxygens (including phenoxy) is 2. The Hall–Kier alpha value is -3.21. The Morgan fingerprint density at radius 3 is 2.69 bits per heavy atom. The van der Waals surface area contributed by atoms with E-state index in [0.29, 0.717) is 50.2 Å². The number of nitrogens with one attached hydrogen (secondary N) is 2. The second kappa shape index (κ2) is 13.2. The van der Waals surface area contributed by atoms with E-state index in [2.05, 4.69) is 15.6 Å².